The van der Waals surface area contributed by atoms with E-state index in [0.717, 1.165) is 11.1 Å². The van der Waals surface area contributed by atoms with Crippen molar-refractivity contribution in [2.45, 2.75) is 12.8 Å². The Hall–Kier alpha value is -3.55. The number of pyridine rings is 1. The molecule has 3 aromatic rings. The summed E-state index contributed by atoms with van der Waals surface area (Å²) in [4.78, 5) is 15.3. The number of hydrogen-bond acceptors (Lipinski definition) is 5. The molecule has 1 aromatic carbocycles. The Morgan fingerprint density at radius 3 is 2.77 bits per heavy atom. The van der Waals surface area contributed by atoms with Gasteiger partial charge in [-0.1, -0.05) is 12.1 Å². The molecule has 26 heavy (non-hydrogen) atoms. The van der Waals surface area contributed by atoms with E-state index in [0.29, 0.717) is 35.8 Å². The molecule has 0 saturated carbocycles. The van der Waals surface area contributed by atoms with Crippen LogP contribution in [0, 0.1) is 5.82 Å². The van der Waals surface area contributed by atoms with Crippen molar-refractivity contribution in [3.8, 4) is 22.4 Å². The standard InChI is InChI=1S/C18H15FN6O/c19-13-3-1-2-12(8-13)18-14(11-6-7-21-15(20)9-11)10-25(24-18)16-4-5-17(26)23-22-16/h1-3,6-10H,4-5H2,(H2,20,21)(H,23,26). The van der Waals surface area contributed by atoms with E-state index in [9.17, 15) is 9.18 Å². The monoisotopic (exact) mass is 350 g/mol. The van der Waals surface area contributed by atoms with Crippen molar-refractivity contribution < 1.29 is 9.18 Å². The average molecular weight is 350 g/mol. The maximum atomic E-state index is 13.7. The summed E-state index contributed by atoms with van der Waals surface area (Å²) < 4.78 is 15.3. The molecule has 1 amide bonds. The van der Waals surface area contributed by atoms with E-state index in [1.807, 2.05) is 6.07 Å². The first kappa shape index (κ1) is 15.9. The van der Waals surface area contributed by atoms with E-state index in [-0.39, 0.29) is 11.7 Å². The van der Waals surface area contributed by atoms with Gasteiger partial charge >= 0.3 is 0 Å². The Bertz CT molecular complexity index is 963. The Balaban J connectivity index is 1.87. The highest BCUT2D eigenvalue weighted by Crippen LogP contribution is 2.32. The number of halogens is 1. The quantitative estimate of drug-likeness (QED) is 0.741. The zero-order valence-corrected chi connectivity index (χ0v) is 13.7. The van der Waals surface area contributed by atoms with Crippen LogP contribution in [0.4, 0.5) is 10.2 Å². The molecule has 0 unspecified atom stereocenters. The molecule has 0 spiro atoms. The van der Waals surface area contributed by atoms with Crippen LogP contribution >= 0.6 is 0 Å². The van der Waals surface area contributed by atoms with Gasteiger partial charge in [0, 0.05) is 36.4 Å². The van der Waals surface area contributed by atoms with Gasteiger partial charge in [-0.25, -0.2) is 19.5 Å². The Morgan fingerprint density at radius 1 is 1.15 bits per heavy atom. The predicted molar refractivity (Wildman–Crippen MR) is 95.5 cm³/mol. The summed E-state index contributed by atoms with van der Waals surface area (Å²) >= 11 is 0. The lowest BCUT2D eigenvalue weighted by atomic mass is 10.0. The van der Waals surface area contributed by atoms with Crippen molar-refractivity contribution in [3.05, 3.63) is 54.6 Å². The van der Waals surface area contributed by atoms with Crippen LogP contribution in [-0.2, 0) is 4.79 Å². The molecule has 3 N–H and O–H groups in total. The molecule has 3 heterocycles. The molecule has 4 rings (SSSR count). The normalized spacial score (nSPS) is 14.0. The number of amides is 1. The third-order valence-corrected chi connectivity index (χ3v) is 4.05. The van der Waals surface area contributed by atoms with Gasteiger partial charge < -0.3 is 5.73 Å². The summed E-state index contributed by atoms with van der Waals surface area (Å²) in [6, 6.07) is 9.76. The molecule has 0 saturated heterocycles. The summed E-state index contributed by atoms with van der Waals surface area (Å²) in [6.07, 6.45) is 4.21. The fourth-order valence-corrected chi connectivity index (χ4v) is 2.81. The number of nitrogen functional groups attached to an aromatic ring is 1. The first-order valence-corrected chi connectivity index (χ1v) is 8.03. The largest absolute Gasteiger partial charge is 0.384 e. The molecule has 7 nitrogen and oxygen atoms in total. The lowest BCUT2D eigenvalue weighted by Crippen LogP contribution is -2.29. The SMILES string of the molecule is Nc1cc(-c2cn(C3=NNC(=O)CC3)nc2-c2cccc(F)c2)ccn1. The minimum atomic E-state index is -0.348. The maximum Gasteiger partial charge on any atom is 0.240 e. The van der Waals surface area contributed by atoms with Gasteiger partial charge in [-0.2, -0.15) is 10.2 Å². The second-order valence-electron chi connectivity index (χ2n) is 5.88. The number of anilines is 1. The van der Waals surface area contributed by atoms with Gasteiger partial charge in [0.25, 0.3) is 0 Å². The smallest absolute Gasteiger partial charge is 0.240 e. The second-order valence-corrected chi connectivity index (χ2v) is 5.88. The van der Waals surface area contributed by atoms with Crippen LogP contribution in [0.5, 0.6) is 0 Å². The Kier molecular flexibility index (Phi) is 3.92. The van der Waals surface area contributed by atoms with Crippen molar-refractivity contribution in [2.24, 2.45) is 5.10 Å². The number of rotatable bonds is 2. The topological polar surface area (TPSA) is 98.2 Å². The number of hydrogen-bond donors (Lipinski definition) is 2. The minimum Gasteiger partial charge on any atom is -0.384 e. The van der Waals surface area contributed by atoms with Crippen molar-refractivity contribution in [3.63, 3.8) is 0 Å². The summed E-state index contributed by atoms with van der Waals surface area (Å²) in [5.74, 6) is 0.506. The molecular weight excluding hydrogens is 335 g/mol. The van der Waals surface area contributed by atoms with Gasteiger partial charge in [-0.15, -0.1) is 0 Å². The molecular formula is C18H15FN6O. The van der Waals surface area contributed by atoms with Crippen LogP contribution in [-0.4, -0.2) is 26.5 Å². The van der Waals surface area contributed by atoms with E-state index < -0.39 is 0 Å². The number of carbonyl (C=O) groups excluding carboxylic acids is 1. The third-order valence-electron chi connectivity index (χ3n) is 4.05. The maximum absolute atomic E-state index is 13.7. The first-order valence-electron chi connectivity index (χ1n) is 8.03. The number of benzene rings is 1. The summed E-state index contributed by atoms with van der Waals surface area (Å²) in [7, 11) is 0. The fourth-order valence-electron chi connectivity index (χ4n) is 2.81. The first-order chi connectivity index (χ1) is 12.6. The number of nitrogens with zero attached hydrogens (tertiary/aromatic N) is 4. The molecule has 1 aliphatic rings. The molecule has 2 aromatic heterocycles. The lowest BCUT2D eigenvalue weighted by molar-refractivity contribution is -0.121. The van der Waals surface area contributed by atoms with Crippen molar-refractivity contribution in [1.82, 2.24) is 20.2 Å². The molecule has 0 aliphatic carbocycles. The van der Waals surface area contributed by atoms with E-state index in [1.54, 1.807) is 35.3 Å². The van der Waals surface area contributed by atoms with Gasteiger partial charge in [-0.3, -0.25) is 4.79 Å². The zero-order chi connectivity index (χ0) is 18.1. The van der Waals surface area contributed by atoms with Gasteiger partial charge in [-0.05, 0) is 29.8 Å². The molecule has 130 valence electrons. The second kappa shape index (κ2) is 6.40. The number of aromatic nitrogens is 3. The molecule has 0 bridgehead atoms. The highest BCUT2D eigenvalue weighted by atomic mass is 19.1. The van der Waals surface area contributed by atoms with E-state index >= 15 is 0 Å². The number of carbonyl (C=O) groups is 1. The molecule has 0 atom stereocenters. The Labute approximate surface area is 148 Å². The molecule has 1 aliphatic heterocycles. The average Bonchev–Trinajstić information content (AvgIpc) is 3.08. The summed E-state index contributed by atoms with van der Waals surface area (Å²) in [5.41, 5.74) is 11.1. The predicted octanol–water partition coefficient (Wildman–Crippen LogP) is 2.41. The van der Waals surface area contributed by atoms with Crippen LogP contribution in [0.25, 0.3) is 22.4 Å². The van der Waals surface area contributed by atoms with E-state index in [4.69, 9.17) is 5.73 Å². The minimum absolute atomic E-state index is 0.131. The van der Waals surface area contributed by atoms with E-state index in [2.05, 4.69) is 20.6 Å². The zero-order valence-electron chi connectivity index (χ0n) is 13.7. The van der Waals surface area contributed by atoms with E-state index in [1.165, 1.54) is 12.1 Å². The van der Waals surface area contributed by atoms with Gasteiger partial charge in [0.05, 0.1) is 0 Å². The number of hydrazone groups is 1. The molecule has 0 radical (unpaired) electrons. The van der Waals surface area contributed by atoms with Crippen LogP contribution < -0.4 is 11.2 Å². The number of nitrogens with two attached hydrogens (primary N) is 1. The third kappa shape index (κ3) is 3.04. The molecule has 8 heteroatoms. The molecule has 0 fully saturated rings. The van der Waals surface area contributed by atoms with Gasteiger partial charge in [0.15, 0.2) is 5.84 Å². The number of nitrogens with one attached hydrogen (secondary N) is 1. The van der Waals surface area contributed by atoms with Crippen LogP contribution in [0.2, 0.25) is 0 Å². The van der Waals surface area contributed by atoms with Gasteiger partial charge in [0.1, 0.15) is 17.3 Å². The van der Waals surface area contributed by atoms with Crippen LogP contribution in [0.15, 0.2) is 53.9 Å². The van der Waals surface area contributed by atoms with Crippen LogP contribution in [0.1, 0.15) is 12.8 Å². The fraction of sp³-hybridized carbons (Fsp3) is 0.111. The van der Waals surface area contributed by atoms with Crippen molar-refractivity contribution >= 4 is 17.6 Å². The highest BCUT2D eigenvalue weighted by molar-refractivity contribution is 5.93. The van der Waals surface area contributed by atoms with Crippen LogP contribution in [0.3, 0.4) is 0 Å². The summed E-state index contributed by atoms with van der Waals surface area (Å²) in [6.45, 7) is 0. The Morgan fingerprint density at radius 2 is 2.04 bits per heavy atom. The van der Waals surface area contributed by atoms with Crippen molar-refractivity contribution in [1.29, 1.82) is 0 Å². The lowest BCUT2D eigenvalue weighted by Gasteiger charge is -2.11. The highest BCUT2D eigenvalue weighted by Gasteiger charge is 2.19. The summed E-state index contributed by atoms with van der Waals surface area (Å²) in [5, 5.41) is 8.65. The van der Waals surface area contributed by atoms with Crippen molar-refractivity contribution in [2.75, 3.05) is 5.73 Å². The van der Waals surface area contributed by atoms with Gasteiger partial charge in [0.2, 0.25) is 5.91 Å².